The summed E-state index contributed by atoms with van der Waals surface area (Å²) in [6.07, 6.45) is -0.0562. The first-order valence-electron chi connectivity index (χ1n) is 10.3. The average molecular weight is 496 g/mol. The summed E-state index contributed by atoms with van der Waals surface area (Å²) in [5.74, 6) is 0.195. The number of para-hydroxylation sites is 1. The molecule has 0 aliphatic rings. The normalized spacial score (nSPS) is 10.7. The number of carbonyl (C=O) groups is 2. The highest BCUT2D eigenvalue weighted by Gasteiger charge is 2.12. The van der Waals surface area contributed by atoms with Crippen molar-refractivity contribution in [1.82, 2.24) is 20.3 Å². The largest absolute Gasteiger partial charge is 0.497 e. The number of nitrogens with one attached hydrogen (secondary N) is 3. The highest BCUT2D eigenvalue weighted by atomic mass is 32.2. The Morgan fingerprint density at radius 3 is 2.76 bits per heavy atom. The van der Waals surface area contributed by atoms with Crippen molar-refractivity contribution in [3.05, 3.63) is 76.2 Å². The molecule has 0 aliphatic heterocycles. The van der Waals surface area contributed by atoms with Gasteiger partial charge < -0.3 is 20.4 Å². The highest BCUT2D eigenvalue weighted by molar-refractivity contribution is 7.99. The number of thiazole rings is 1. The lowest BCUT2D eigenvalue weighted by Gasteiger charge is -2.07. The summed E-state index contributed by atoms with van der Waals surface area (Å²) in [4.78, 5) is 47.9. The lowest BCUT2D eigenvalue weighted by Crippen LogP contribution is -2.26. The van der Waals surface area contributed by atoms with E-state index in [0.717, 1.165) is 27.5 Å². The van der Waals surface area contributed by atoms with Crippen molar-refractivity contribution >= 4 is 50.3 Å². The highest BCUT2D eigenvalue weighted by Crippen LogP contribution is 2.25. The molecule has 2 aromatic carbocycles. The first kappa shape index (κ1) is 23.5. The first-order valence-corrected chi connectivity index (χ1v) is 12.1. The van der Waals surface area contributed by atoms with Gasteiger partial charge in [0.1, 0.15) is 5.75 Å². The number of rotatable bonds is 9. The van der Waals surface area contributed by atoms with E-state index in [1.54, 1.807) is 7.11 Å². The molecule has 0 aliphatic carbocycles. The number of hydrogen-bond donors (Lipinski definition) is 3. The summed E-state index contributed by atoms with van der Waals surface area (Å²) in [6, 6.07) is 16.3. The molecule has 2 heterocycles. The predicted octanol–water partition coefficient (Wildman–Crippen LogP) is 2.98. The van der Waals surface area contributed by atoms with Crippen LogP contribution in [0.3, 0.4) is 0 Å². The second-order valence-electron chi connectivity index (χ2n) is 7.17. The first-order chi connectivity index (χ1) is 16.5. The number of thioether (sulfide) groups is 1. The van der Waals surface area contributed by atoms with E-state index >= 15 is 0 Å². The molecule has 4 aromatic rings. The van der Waals surface area contributed by atoms with E-state index in [2.05, 4.69) is 25.6 Å². The summed E-state index contributed by atoms with van der Waals surface area (Å²) in [5.41, 5.74) is 1.64. The molecule has 3 N–H and O–H groups in total. The number of hydrogen-bond acceptors (Lipinski definition) is 8. The topological polar surface area (TPSA) is 126 Å². The number of nitrogens with zero attached hydrogens (tertiary/aromatic N) is 2. The lowest BCUT2D eigenvalue weighted by molar-refractivity contribution is -0.120. The van der Waals surface area contributed by atoms with E-state index in [1.807, 2.05) is 48.5 Å². The smallest absolute Gasteiger partial charge is 0.251 e. The van der Waals surface area contributed by atoms with Gasteiger partial charge in [0.25, 0.3) is 5.56 Å². The lowest BCUT2D eigenvalue weighted by atomic mass is 10.2. The number of methoxy groups -OCH3 is 1. The zero-order chi connectivity index (χ0) is 23.9. The average Bonchev–Trinajstić information content (AvgIpc) is 3.23. The zero-order valence-corrected chi connectivity index (χ0v) is 19.8. The van der Waals surface area contributed by atoms with Crippen LogP contribution in [0.2, 0.25) is 0 Å². The van der Waals surface area contributed by atoms with Crippen LogP contribution >= 0.6 is 23.1 Å². The molecule has 0 bridgehead atoms. The molecule has 0 saturated heterocycles. The maximum Gasteiger partial charge on any atom is 0.251 e. The third-order valence-corrected chi connectivity index (χ3v) is 6.44. The molecule has 0 fully saturated rings. The van der Waals surface area contributed by atoms with Gasteiger partial charge in [-0.05, 0) is 29.8 Å². The molecule has 0 unspecified atom stereocenters. The Hall–Kier alpha value is -3.70. The van der Waals surface area contributed by atoms with Gasteiger partial charge in [-0.15, -0.1) is 0 Å². The molecule has 4 rings (SSSR count). The van der Waals surface area contributed by atoms with Crippen LogP contribution in [-0.2, 0) is 22.6 Å². The van der Waals surface area contributed by atoms with Gasteiger partial charge in [-0.25, -0.2) is 9.97 Å². The van der Waals surface area contributed by atoms with Crippen LogP contribution < -0.4 is 20.9 Å². The van der Waals surface area contributed by atoms with Gasteiger partial charge in [0.05, 0.1) is 35.2 Å². The van der Waals surface area contributed by atoms with Crippen molar-refractivity contribution in [1.29, 1.82) is 0 Å². The van der Waals surface area contributed by atoms with Gasteiger partial charge in [0.15, 0.2) is 10.3 Å². The fourth-order valence-corrected chi connectivity index (χ4v) is 4.64. The summed E-state index contributed by atoms with van der Waals surface area (Å²) in [6.45, 7) is 0.326. The van der Waals surface area contributed by atoms with Gasteiger partial charge in [-0.2, -0.15) is 0 Å². The fourth-order valence-electron chi connectivity index (χ4n) is 3.07. The molecule has 9 nitrogen and oxygen atoms in total. The van der Waals surface area contributed by atoms with Crippen molar-refractivity contribution in [3.63, 3.8) is 0 Å². The van der Waals surface area contributed by atoms with Crippen LogP contribution in [0.15, 0.2) is 64.5 Å². The van der Waals surface area contributed by atoms with Gasteiger partial charge in [-0.3, -0.25) is 14.4 Å². The summed E-state index contributed by atoms with van der Waals surface area (Å²) in [5, 5.41) is 6.34. The Kier molecular flexibility index (Phi) is 7.55. The number of H-pyrrole nitrogens is 1. The second kappa shape index (κ2) is 10.9. The molecular formula is C23H21N5O4S2. The van der Waals surface area contributed by atoms with Crippen LogP contribution in [-0.4, -0.2) is 39.6 Å². The number of anilines is 1. The van der Waals surface area contributed by atoms with E-state index in [4.69, 9.17) is 4.74 Å². The molecule has 0 atom stereocenters. The van der Waals surface area contributed by atoms with Crippen LogP contribution in [0.1, 0.15) is 11.3 Å². The summed E-state index contributed by atoms with van der Waals surface area (Å²) in [7, 11) is 1.58. The number of benzene rings is 2. The minimum Gasteiger partial charge on any atom is -0.497 e. The molecule has 2 aromatic heterocycles. The maximum atomic E-state index is 12.3. The molecule has 2 amide bonds. The predicted molar refractivity (Wildman–Crippen MR) is 132 cm³/mol. The molecule has 0 saturated carbocycles. The molecule has 0 spiro atoms. The molecule has 0 radical (unpaired) electrons. The zero-order valence-electron chi connectivity index (χ0n) is 18.2. The van der Waals surface area contributed by atoms with Crippen LogP contribution in [0, 0.1) is 0 Å². The third kappa shape index (κ3) is 6.42. The standard InChI is InChI=1S/C23H21N5O4S2/c1-32-16-6-4-5-14(9-16)12-24-19(29)10-15-11-20(30)27-22(25-15)33-13-21(31)28-23-26-17-7-2-3-8-18(17)34-23/h2-9,11H,10,12-13H2,1H3,(H,24,29)(H,25,27,30)(H,26,28,31). The maximum absolute atomic E-state index is 12.3. The van der Waals surface area contributed by atoms with E-state index in [1.165, 1.54) is 17.4 Å². The van der Waals surface area contributed by atoms with E-state index in [-0.39, 0.29) is 34.7 Å². The van der Waals surface area contributed by atoms with E-state index in [0.29, 0.717) is 23.1 Å². The Labute approximate surface area is 203 Å². The van der Waals surface area contributed by atoms with Gasteiger partial charge in [0.2, 0.25) is 11.8 Å². The number of aromatic amines is 1. The van der Waals surface area contributed by atoms with Gasteiger partial charge >= 0.3 is 0 Å². The molecule has 11 heteroatoms. The minimum atomic E-state index is -0.389. The fraction of sp³-hybridized carbons (Fsp3) is 0.174. The minimum absolute atomic E-state index is 0.0321. The van der Waals surface area contributed by atoms with E-state index < -0.39 is 0 Å². The van der Waals surface area contributed by atoms with Crippen molar-refractivity contribution in [3.8, 4) is 5.75 Å². The van der Waals surface area contributed by atoms with Crippen molar-refractivity contribution in [2.75, 3.05) is 18.2 Å². The van der Waals surface area contributed by atoms with Gasteiger partial charge in [0, 0.05) is 12.6 Å². The van der Waals surface area contributed by atoms with Crippen molar-refractivity contribution in [2.45, 2.75) is 18.1 Å². The summed E-state index contributed by atoms with van der Waals surface area (Å²) < 4.78 is 6.16. The monoisotopic (exact) mass is 495 g/mol. The Bertz CT molecular complexity index is 1350. The number of fused-ring (bicyclic) bond motifs is 1. The van der Waals surface area contributed by atoms with Crippen LogP contribution in [0.5, 0.6) is 5.75 Å². The van der Waals surface area contributed by atoms with Gasteiger partial charge in [-0.1, -0.05) is 47.4 Å². The van der Waals surface area contributed by atoms with Crippen LogP contribution in [0.25, 0.3) is 10.2 Å². The number of amides is 2. The third-order valence-electron chi connectivity index (χ3n) is 4.62. The number of ether oxygens (including phenoxy) is 1. The Balaban J connectivity index is 1.30. The molecular weight excluding hydrogens is 474 g/mol. The second-order valence-corrected chi connectivity index (χ2v) is 9.17. The number of carbonyl (C=O) groups excluding carboxylic acids is 2. The Morgan fingerprint density at radius 2 is 1.94 bits per heavy atom. The quantitative estimate of drug-likeness (QED) is 0.241. The molecule has 34 heavy (non-hydrogen) atoms. The SMILES string of the molecule is COc1cccc(CNC(=O)Cc2cc(=O)[nH]c(SCC(=O)Nc3nc4ccccc4s3)n2)c1. The van der Waals surface area contributed by atoms with E-state index in [9.17, 15) is 14.4 Å². The van der Waals surface area contributed by atoms with Crippen molar-refractivity contribution in [2.24, 2.45) is 0 Å². The van der Waals surface area contributed by atoms with Crippen LogP contribution in [0.4, 0.5) is 5.13 Å². The number of aromatic nitrogens is 3. The Morgan fingerprint density at radius 1 is 1.09 bits per heavy atom. The summed E-state index contributed by atoms with van der Waals surface area (Å²) >= 11 is 2.46. The van der Waals surface area contributed by atoms with Crippen molar-refractivity contribution < 1.29 is 14.3 Å². The molecule has 174 valence electrons.